The minimum atomic E-state index is 0.454. The molecule has 1 aliphatic carbocycles. The van der Waals surface area contributed by atoms with E-state index in [2.05, 4.69) is 15.6 Å². The van der Waals surface area contributed by atoms with Crippen molar-refractivity contribution in [3.63, 3.8) is 0 Å². The van der Waals surface area contributed by atoms with Gasteiger partial charge in [-0.2, -0.15) is 5.26 Å². The molecule has 1 heterocycles. The SMILES string of the molecule is N#Cc1ccccc1OCc1cncn1C1CC1. The average Bonchev–Trinajstić information content (AvgIpc) is 3.16. The second-order valence-corrected chi connectivity index (χ2v) is 4.42. The first-order valence-corrected chi connectivity index (χ1v) is 6.01. The fourth-order valence-corrected chi connectivity index (χ4v) is 1.96. The largest absolute Gasteiger partial charge is 0.486 e. The molecule has 4 nitrogen and oxygen atoms in total. The second kappa shape index (κ2) is 4.53. The Labute approximate surface area is 105 Å². The number of nitrogens with zero attached hydrogens (tertiary/aromatic N) is 3. The van der Waals surface area contributed by atoms with Gasteiger partial charge in [-0.3, -0.25) is 0 Å². The van der Waals surface area contributed by atoms with Crippen molar-refractivity contribution in [3.05, 3.63) is 48.0 Å². The fourth-order valence-electron chi connectivity index (χ4n) is 1.96. The lowest BCUT2D eigenvalue weighted by atomic mass is 10.2. The van der Waals surface area contributed by atoms with Gasteiger partial charge in [-0.1, -0.05) is 12.1 Å². The molecular formula is C14H13N3O. The van der Waals surface area contributed by atoms with Crippen LogP contribution in [0.25, 0.3) is 0 Å². The standard InChI is InChI=1S/C14H13N3O/c15-7-11-3-1-2-4-14(11)18-9-13-8-16-10-17(13)12-5-6-12/h1-4,8,10,12H,5-6,9H2. The van der Waals surface area contributed by atoms with Gasteiger partial charge >= 0.3 is 0 Å². The summed E-state index contributed by atoms with van der Waals surface area (Å²) in [6.45, 7) is 0.454. The van der Waals surface area contributed by atoms with Crippen LogP contribution < -0.4 is 4.74 Å². The molecule has 0 spiro atoms. The number of hydrogen-bond acceptors (Lipinski definition) is 3. The van der Waals surface area contributed by atoms with Crippen LogP contribution in [0, 0.1) is 11.3 Å². The zero-order chi connectivity index (χ0) is 12.4. The summed E-state index contributed by atoms with van der Waals surface area (Å²) in [6, 6.07) is 10.00. The van der Waals surface area contributed by atoms with E-state index in [1.165, 1.54) is 12.8 Å². The molecule has 0 amide bonds. The summed E-state index contributed by atoms with van der Waals surface area (Å²) in [7, 11) is 0. The van der Waals surface area contributed by atoms with Crippen LogP contribution in [-0.2, 0) is 6.61 Å². The maximum absolute atomic E-state index is 8.98. The highest BCUT2D eigenvalue weighted by Gasteiger charge is 2.25. The van der Waals surface area contributed by atoms with Crippen molar-refractivity contribution in [1.82, 2.24) is 9.55 Å². The molecule has 4 heteroatoms. The third-order valence-electron chi connectivity index (χ3n) is 3.07. The third-order valence-corrected chi connectivity index (χ3v) is 3.07. The molecule has 2 aromatic rings. The number of imidazole rings is 1. The average molecular weight is 239 g/mol. The Balaban J connectivity index is 1.74. The molecule has 3 rings (SSSR count). The van der Waals surface area contributed by atoms with Crippen LogP contribution >= 0.6 is 0 Å². The lowest BCUT2D eigenvalue weighted by molar-refractivity contribution is 0.294. The van der Waals surface area contributed by atoms with Gasteiger partial charge in [0.2, 0.25) is 0 Å². The molecule has 0 radical (unpaired) electrons. The van der Waals surface area contributed by atoms with E-state index in [1.807, 2.05) is 30.7 Å². The highest BCUT2D eigenvalue weighted by molar-refractivity contribution is 5.42. The Morgan fingerprint density at radius 2 is 2.22 bits per heavy atom. The Morgan fingerprint density at radius 1 is 1.39 bits per heavy atom. The number of aromatic nitrogens is 2. The number of ether oxygens (including phenoxy) is 1. The normalized spacial score (nSPS) is 14.2. The minimum absolute atomic E-state index is 0.454. The van der Waals surface area contributed by atoms with E-state index in [0.717, 1.165) is 5.69 Å². The quantitative estimate of drug-likeness (QED) is 0.824. The zero-order valence-corrected chi connectivity index (χ0v) is 9.91. The van der Waals surface area contributed by atoms with E-state index in [0.29, 0.717) is 24.0 Å². The predicted octanol–water partition coefficient (Wildman–Crippen LogP) is 2.67. The maximum Gasteiger partial charge on any atom is 0.137 e. The summed E-state index contributed by atoms with van der Waals surface area (Å²) in [6.07, 6.45) is 6.12. The lowest BCUT2D eigenvalue weighted by Gasteiger charge is -2.09. The topological polar surface area (TPSA) is 50.8 Å². The van der Waals surface area contributed by atoms with Gasteiger partial charge in [-0.15, -0.1) is 0 Å². The van der Waals surface area contributed by atoms with E-state index in [-0.39, 0.29) is 0 Å². The fraction of sp³-hybridized carbons (Fsp3) is 0.286. The smallest absolute Gasteiger partial charge is 0.137 e. The van der Waals surface area contributed by atoms with Crippen LogP contribution in [0.4, 0.5) is 0 Å². The van der Waals surface area contributed by atoms with Crippen LogP contribution in [0.15, 0.2) is 36.8 Å². The van der Waals surface area contributed by atoms with Gasteiger partial charge in [0.25, 0.3) is 0 Å². The number of nitriles is 1. The van der Waals surface area contributed by atoms with Crippen molar-refractivity contribution >= 4 is 0 Å². The van der Waals surface area contributed by atoms with Crippen molar-refractivity contribution < 1.29 is 4.74 Å². The number of para-hydroxylation sites is 1. The van der Waals surface area contributed by atoms with Gasteiger partial charge in [0.15, 0.2) is 0 Å². The molecule has 1 aliphatic rings. The monoisotopic (exact) mass is 239 g/mol. The summed E-state index contributed by atoms with van der Waals surface area (Å²) in [5.41, 5.74) is 1.63. The van der Waals surface area contributed by atoms with Gasteiger partial charge in [0, 0.05) is 6.04 Å². The maximum atomic E-state index is 8.98. The Bertz CT molecular complexity index is 593. The van der Waals surface area contributed by atoms with E-state index < -0.39 is 0 Å². The molecule has 90 valence electrons. The highest BCUT2D eigenvalue weighted by atomic mass is 16.5. The summed E-state index contributed by atoms with van der Waals surface area (Å²) in [5.74, 6) is 0.628. The van der Waals surface area contributed by atoms with Gasteiger partial charge in [0.05, 0.1) is 23.8 Å². The van der Waals surface area contributed by atoms with Crippen molar-refractivity contribution in [1.29, 1.82) is 5.26 Å². The van der Waals surface area contributed by atoms with Crippen LogP contribution in [0.1, 0.15) is 30.1 Å². The summed E-state index contributed by atoms with van der Waals surface area (Å²) in [5, 5.41) is 8.98. The first kappa shape index (κ1) is 10.8. The first-order valence-electron chi connectivity index (χ1n) is 6.01. The zero-order valence-electron chi connectivity index (χ0n) is 9.91. The van der Waals surface area contributed by atoms with E-state index in [4.69, 9.17) is 10.00 Å². The predicted molar refractivity (Wildman–Crippen MR) is 66.0 cm³/mol. The molecule has 0 unspecified atom stereocenters. The number of benzene rings is 1. The molecule has 1 aromatic heterocycles. The first-order chi connectivity index (χ1) is 8.88. The van der Waals surface area contributed by atoms with Crippen LogP contribution in [-0.4, -0.2) is 9.55 Å². The van der Waals surface area contributed by atoms with Gasteiger partial charge < -0.3 is 9.30 Å². The van der Waals surface area contributed by atoms with Gasteiger partial charge in [0.1, 0.15) is 18.4 Å². The lowest BCUT2D eigenvalue weighted by Crippen LogP contribution is -2.04. The Hall–Kier alpha value is -2.28. The van der Waals surface area contributed by atoms with Crippen LogP contribution in [0.2, 0.25) is 0 Å². The van der Waals surface area contributed by atoms with Crippen molar-refractivity contribution in [2.75, 3.05) is 0 Å². The van der Waals surface area contributed by atoms with Gasteiger partial charge in [-0.05, 0) is 25.0 Å². The molecule has 0 N–H and O–H groups in total. The van der Waals surface area contributed by atoms with E-state index in [9.17, 15) is 0 Å². The van der Waals surface area contributed by atoms with Crippen molar-refractivity contribution in [3.8, 4) is 11.8 Å². The molecule has 0 atom stereocenters. The second-order valence-electron chi connectivity index (χ2n) is 4.42. The van der Waals surface area contributed by atoms with Crippen molar-refractivity contribution in [2.45, 2.75) is 25.5 Å². The highest BCUT2D eigenvalue weighted by Crippen LogP contribution is 2.35. The van der Waals surface area contributed by atoms with Crippen LogP contribution in [0.5, 0.6) is 5.75 Å². The minimum Gasteiger partial charge on any atom is -0.486 e. The third kappa shape index (κ3) is 2.07. The summed E-state index contributed by atoms with van der Waals surface area (Å²) >= 11 is 0. The molecule has 1 fully saturated rings. The summed E-state index contributed by atoms with van der Waals surface area (Å²) < 4.78 is 7.87. The Morgan fingerprint density at radius 3 is 3.00 bits per heavy atom. The van der Waals surface area contributed by atoms with Crippen molar-refractivity contribution in [2.24, 2.45) is 0 Å². The number of rotatable bonds is 4. The van der Waals surface area contributed by atoms with E-state index >= 15 is 0 Å². The number of hydrogen-bond donors (Lipinski definition) is 0. The molecule has 0 saturated heterocycles. The molecule has 1 saturated carbocycles. The molecule has 0 bridgehead atoms. The van der Waals surface area contributed by atoms with Crippen LogP contribution in [0.3, 0.4) is 0 Å². The molecule has 1 aromatic carbocycles. The summed E-state index contributed by atoms with van der Waals surface area (Å²) in [4.78, 5) is 4.16. The molecule has 0 aliphatic heterocycles. The Kier molecular flexibility index (Phi) is 2.73. The molecular weight excluding hydrogens is 226 g/mol. The van der Waals surface area contributed by atoms with E-state index in [1.54, 1.807) is 6.07 Å². The molecule has 18 heavy (non-hydrogen) atoms. The van der Waals surface area contributed by atoms with Gasteiger partial charge in [-0.25, -0.2) is 4.98 Å².